The summed E-state index contributed by atoms with van der Waals surface area (Å²) in [5.41, 5.74) is 2.26. The Labute approximate surface area is 214 Å². The van der Waals surface area contributed by atoms with Gasteiger partial charge in [-0.05, 0) is 38.8 Å². The van der Waals surface area contributed by atoms with Crippen LogP contribution in [0.5, 0.6) is 0 Å². The Hall–Kier alpha value is -3.96. The van der Waals surface area contributed by atoms with Crippen molar-refractivity contribution in [2.75, 3.05) is 45.9 Å². The molecule has 0 N–H and O–H groups in total. The largest absolute Gasteiger partial charge is 0.450 e. The number of nitrogens with zero attached hydrogens (tertiary/aromatic N) is 6. The lowest BCUT2D eigenvalue weighted by molar-refractivity contribution is -0.384. The first-order valence-corrected chi connectivity index (χ1v) is 12.5. The molecule has 0 atom stereocenters. The molecular formula is C25H32N6O6. The Morgan fingerprint density at radius 3 is 2.24 bits per heavy atom. The standard InChI is InChI=1S/C25H32N6O6/c1-4-37-25(34)30-13-11-29(12-14-30)23(32)20-6-5-17(2)26-22(20)18-7-9-28(10-8-18)24(33)21-15-19(31(35)36)16-27(21)3/h5-6,15-16,18H,4,7-14H2,1-3H3. The number of aryl methyl sites for hydroxylation is 2. The molecular weight excluding hydrogens is 480 g/mol. The minimum Gasteiger partial charge on any atom is -0.450 e. The number of hydrogen-bond donors (Lipinski definition) is 0. The number of aromatic nitrogens is 2. The lowest BCUT2D eigenvalue weighted by Gasteiger charge is -2.35. The van der Waals surface area contributed by atoms with Crippen molar-refractivity contribution < 1.29 is 24.0 Å². The molecule has 2 saturated heterocycles. The summed E-state index contributed by atoms with van der Waals surface area (Å²) in [4.78, 5) is 58.8. The monoisotopic (exact) mass is 512 g/mol. The van der Waals surface area contributed by atoms with E-state index in [4.69, 9.17) is 9.72 Å². The minimum atomic E-state index is -0.512. The van der Waals surface area contributed by atoms with E-state index >= 15 is 0 Å². The summed E-state index contributed by atoms with van der Waals surface area (Å²) < 4.78 is 6.54. The zero-order chi connectivity index (χ0) is 26.7. The van der Waals surface area contributed by atoms with Crippen LogP contribution in [0.25, 0.3) is 0 Å². The van der Waals surface area contributed by atoms with E-state index in [9.17, 15) is 24.5 Å². The Kier molecular flexibility index (Phi) is 7.74. The van der Waals surface area contributed by atoms with E-state index < -0.39 is 4.92 Å². The van der Waals surface area contributed by atoms with Crippen molar-refractivity contribution in [1.29, 1.82) is 0 Å². The number of hydrogen-bond acceptors (Lipinski definition) is 7. The van der Waals surface area contributed by atoms with Gasteiger partial charge in [-0.1, -0.05) is 0 Å². The topological polar surface area (TPSA) is 131 Å². The Morgan fingerprint density at radius 2 is 1.65 bits per heavy atom. The molecule has 4 heterocycles. The number of nitro groups is 1. The summed E-state index contributed by atoms with van der Waals surface area (Å²) in [6, 6.07) is 4.94. The molecule has 0 aromatic carbocycles. The number of ether oxygens (including phenoxy) is 1. The van der Waals surface area contributed by atoms with Crippen LogP contribution in [0.15, 0.2) is 24.4 Å². The van der Waals surface area contributed by atoms with E-state index in [0.717, 1.165) is 11.4 Å². The third-order valence-electron chi connectivity index (χ3n) is 6.98. The second-order valence-electron chi connectivity index (χ2n) is 9.38. The van der Waals surface area contributed by atoms with Crippen LogP contribution >= 0.6 is 0 Å². The molecule has 0 saturated carbocycles. The van der Waals surface area contributed by atoms with Gasteiger partial charge >= 0.3 is 6.09 Å². The predicted molar refractivity (Wildman–Crippen MR) is 133 cm³/mol. The van der Waals surface area contributed by atoms with Gasteiger partial charge in [0.05, 0.1) is 29.0 Å². The van der Waals surface area contributed by atoms with Gasteiger partial charge in [0.2, 0.25) is 0 Å². The van der Waals surface area contributed by atoms with Crippen LogP contribution < -0.4 is 0 Å². The molecule has 37 heavy (non-hydrogen) atoms. The van der Waals surface area contributed by atoms with Gasteiger partial charge in [0, 0.05) is 64.0 Å². The van der Waals surface area contributed by atoms with Crippen molar-refractivity contribution in [3.8, 4) is 0 Å². The maximum absolute atomic E-state index is 13.5. The average molecular weight is 513 g/mol. The van der Waals surface area contributed by atoms with Crippen LogP contribution in [0.1, 0.15) is 57.9 Å². The molecule has 0 radical (unpaired) electrons. The third kappa shape index (κ3) is 5.57. The molecule has 12 nitrogen and oxygen atoms in total. The molecule has 12 heteroatoms. The van der Waals surface area contributed by atoms with Gasteiger partial charge in [-0.15, -0.1) is 0 Å². The normalized spacial score (nSPS) is 16.6. The Balaban J connectivity index is 1.43. The number of carbonyl (C=O) groups excluding carboxylic acids is 3. The summed E-state index contributed by atoms with van der Waals surface area (Å²) in [7, 11) is 1.62. The minimum absolute atomic E-state index is 0.00599. The number of rotatable bonds is 5. The molecule has 198 valence electrons. The van der Waals surface area contributed by atoms with Gasteiger partial charge < -0.3 is 24.0 Å². The SMILES string of the molecule is CCOC(=O)N1CCN(C(=O)c2ccc(C)nc2C2CCN(C(=O)c3cc([N+](=O)[O-])cn3C)CC2)CC1. The van der Waals surface area contributed by atoms with Gasteiger partial charge in [-0.3, -0.25) is 24.7 Å². The van der Waals surface area contributed by atoms with Crippen LogP contribution in [0.4, 0.5) is 10.5 Å². The van der Waals surface area contributed by atoms with Gasteiger partial charge in [-0.2, -0.15) is 0 Å². The molecule has 2 aliphatic rings. The zero-order valence-electron chi connectivity index (χ0n) is 21.4. The van der Waals surface area contributed by atoms with E-state index in [2.05, 4.69) is 0 Å². The molecule has 0 unspecified atom stereocenters. The number of amides is 3. The summed E-state index contributed by atoms with van der Waals surface area (Å²) in [5, 5.41) is 11.1. The number of carbonyl (C=O) groups is 3. The van der Waals surface area contributed by atoms with Crippen molar-refractivity contribution in [3.05, 3.63) is 57.2 Å². The van der Waals surface area contributed by atoms with Crippen LogP contribution in [-0.2, 0) is 11.8 Å². The Morgan fingerprint density at radius 1 is 1.03 bits per heavy atom. The molecule has 2 aromatic heterocycles. The van der Waals surface area contributed by atoms with Crippen LogP contribution in [-0.4, -0.2) is 93.0 Å². The molecule has 2 aliphatic heterocycles. The average Bonchev–Trinajstić information content (AvgIpc) is 3.30. The van der Waals surface area contributed by atoms with E-state index in [1.165, 1.54) is 16.8 Å². The molecule has 2 fully saturated rings. The van der Waals surface area contributed by atoms with Gasteiger partial charge in [0.15, 0.2) is 0 Å². The highest BCUT2D eigenvalue weighted by atomic mass is 16.6. The van der Waals surface area contributed by atoms with Crippen molar-refractivity contribution in [2.45, 2.75) is 32.6 Å². The molecule has 2 aromatic rings. The van der Waals surface area contributed by atoms with E-state index in [0.29, 0.717) is 64.3 Å². The molecule has 0 spiro atoms. The zero-order valence-corrected chi connectivity index (χ0v) is 21.4. The molecule has 0 bridgehead atoms. The van der Waals surface area contributed by atoms with Crippen molar-refractivity contribution in [2.24, 2.45) is 7.05 Å². The van der Waals surface area contributed by atoms with Crippen LogP contribution in [0.2, 0.25) is 0 Å². The maximum Gasteiger partial charge on any atom is 0.409 e. The smallest absolute Gasteiger partial charge is 0.409 e. The second kappa shape index (κ2) is 11.0. The second-order valence-corrected chi connectivity index (χ2v) is 9.38. The first-order valence-electron chi connectivity index (χ1n) is 12.5. The van der Waals surface area contributed by atoms with E-state index in [1.54, 1.807) is 28.7 Å². The first-order chi connectivity index (χ1) is 17.7. The van der Waals surface area contributed by atoms with Crippen LogP contribution in [0.3, 0.4) is 0 Å². The van der Waals surface area contributed by atoms with E-state index in [-0.39, 0.29) is 35.2 Å². The summed E-state index contributed by atoms with van der Waals surface area (Å²) in [6.07, 6.45) is 2.23. The van der Waals surface area contributed by atoms with Crippen molar-refractivity contribution in [1.82, 2.24) is 24.3 Å². The quantitative estimate of drug-likeness (QED) is 0.444. The van der Waals surface area contributed by atoms with Gasteiger partial charge in [0.1, 0.15) is 5.69 Å². The summed E-state index contributed by atoms with van der Waals surface area (Å²) in [5.74, 6) is -0.353. The van der Waals surface area contributed by atoms with Gasteiger partial charge in [-0.25, -0.2) is 4.79 Å². The Bertz CT molecular complexity index is 1190. The fraction of sp³-hybridized carbons (Fsp3) is 0.520. The van der Waals surface area contributed by atoms with E-state index in [1.807, 2.05) is 19.1 Å². The van der Waals surface area contributed by atoms with Gasteiger partial charge in [0.25, 0.3) is 17.5 Å². The molecule has 3 amide bonds. The van der Waals surface area contributed by atoms with Crippen molar-refractivity contribution >= 4 is 23.6 Å². The number of piperidine rings is 1. The molecule has 0 aliphatic carbocycles. The third-order valence-corrected chi connectivity index (χ3v) is 6.98. The maximum atomic E-state index is 13.5. The van der Waals surface area contributed by atoms with Crippen molar-refractivity contribution in [3.63, 3.8) is 0 Å². The fourth-order valence-corrected chi connectivity index (χ4v) is 4.92. The lowest BCUT2D eigenvalue weighted by Crippen LogP contribution is -2.51. The number of likely N-dealkylation sites (tertiary alicyclic amines) is 1. The highest BCUT2D eigenvalue weighted by Gasteiger charge is 2.32. The summed E-state index contributed by atoms with van der Waals surface area (Å²) >= 11 is 0. The first kappa shape index (κ1) is 26.1. The highest BCUT2D eigenvalue weighted by molar-refractivity contribution is 5.96. The highest BCUT2D eigenvalue weighted by Crippen LogP contribution is 2.31. The number of pyridine rings is 1. The molecule has 4 rings (SSSR count). The number of piperazine rings is 1. The fourth-order valence-electron chi connectivity index (χ4n) is 4.92. The lowest BCUT2D eigenvalue weighted by atomic mass is 9.89. The summed E-state index contributed by atoms with van der Waals surface area (Å²) in [6.45, 7) is 6.55. The van der Waals surface area contributed by atoms with Crippen LogP contribution in [0, 0.1) is 17.0 Å². The predicted octanol–water partition coefficient (Wildman–Crippen LogP) is 2.57.